The van der Waals surface area contributed by atoms with Crippen LogP contribution in [0, 0.1) is 27.6 Å². The summed E-state index contributed by atoms with van der Waals surface area (Å²) in [5.41, 5.74) is 0.906. The van der Waals surface area contributed by atoms with E-state index in [4.69, 9.17) is 5.41 Å². The molecule has 0 aromatic carbocycles. The fourth-order valence-electron chi connectivity index (χ4n) is 7.44. The van der Waals surface area contributed by atoms with Crippen LogP contribution in [-0.2, 0) is 9.59 Å². The first-order valence-corrected chi connectivity index (χ1v) is 10.5. The molecule has 3 spiro atoms. The number of nitrogens with zero attached hydrogens (tertiary/aromatic N) is 1. The number of hydrogen-bond donors (Lipinski definition) is 1. The molecular formula is C23H28N2O2. The van der Waals surface area contributed by atoms with Crippen molar-refractivity contribution in [2.75, 3.05) is 0 Å². The Morgan fingerprint density at radius 3 is 1.96 bits per heavy atom. The van der Waals surface area contributed by atoms with Crippen LogP contribution in [0.15, 0.2) is 35.6 Å². The van der Waals surface area contributed by atoms with E-state index in [0.717, 1.165) is 62.6 Å². The third-order valence-corrected chi connectivity index (χ3v) is 8.24. The Hall–Kier alpha value is -1.97. The van der Waals surface area contributed by atoms with E-state index < -0.39 is 10.8 Å². The van der Waals surface area contributed by atoms with Gasteiger partial charge in [0.1, 0.15) is 0 Å². The summed E-state index contributed by atoms with van der Waals surface area (Å²) < 4.78 is 0. The van der Waals surface area contributed by atoms with Crippen molar-refractivity contribution >= 4 is 17.5 Å². The molecule has 1 saturated heterocycles. The van der Waals surface area contributed by atoms with Crippen molar-refractivity contribution in [3.05, 3.63) is 35.6 Å². The molecule has 27 heavy (non-hydrogen) atoms. The van der Waals surface area contributed by atoms with Gasteiger partial charge in [-0.2, -0.15) is 0 Å². The first-order valence-electron chi connectivity index (χ1n) is 10.5. The monoisotopic (exact) mass is 364 g/mol. The van der Waals surface area contributed by atoms with E-state index in [0.29, 0.717) is 5.71 Å². The third-order valence-electron chi connectivity index (χ3n) is 8.24. The van der Waals surface area contributed by atoms with Crippen molar-refractivity contribution in [3.8, 4) is 0 Å². The quantitative estimate of drug-likeness (QED) is 0.732. The summed E-state index contributed by atoms with van der Waals surface area (Å²) in [7, 11) is 0. The summed E-state index contributed by atoms with van der Waals surface area (Å²) in [6.07, 6.45) is 15.6. The lowest BCUT2D eigenvalue weighted by molar-refractivity contribution is -0.146. The van der Waals surface area contributed by atoms with Gasteiger partial charge in [0, 0.05) is 16.7 Å². The zero-order valence-electron chi connectivity index (χ0n) is 16.3. The van der Waals surface area contributed by atoms with Crippen LogP contribution in [0.4, 0.5) is 0 Å². The Kier molecular flexibility index (Phi) is 3.37. The lowest BCUT2D eigenvalue weighted by Gasteiger charge is -2.38. The minimum atomic E-state index is -0.442. The summed E-state index contributed by atoms with van der Waals surface area (Å²) >= 11 is 0. The Morgan fingerprint density at radius 2 is 1.44 bits per heavy atom. The molecule has 5 aliphatic rings. The molecule has 4 heteroatoms. The van der Waals surface area contributed by atoms with Gasteiger partial charge in [0.25, 0.3) is 0 Å². The van der Waals surface area contributed by atoms with E-state index >= 15 is 0 Å². The minimum absolute atomic E-state index is 0.0104. The molecule has 0 aromatic rings. The van der Waals surface area contributed by atoms with Gasteiger partial charge in [0.15, 0.2) is 0 Å². The molecule has 2 amide bonds. The average molecular weight is 364 g/mol. The zero-order chi connectivity index (χ0) is 19.0. The Bertz CT molecular complexity index is 822. The third kappa shape index (κ3) is 1.65. The second kappa shape index (κ2) is 5.30. The highest BCUT2D eigenvalue weighted by Crippen LogP contribution is 2.91. The smallest absolute Gasteiger partial charge is 0.241 e. The van der Waals surface area contributed by atoms with Crippen LogP contribution in [0.2, 0.25) is 0 Å². The van der Waals surface area contributed by atoms with E-state index in [9.17, 15) is 9.59 Å². The Morgan fingerprint density at radius 1 is 0.926 bits per heavy atom. The van der Waals surface area contributed by atoms with Gasteiger partial charge >= 0.3 is 0 Å². The standard InChI is InChI=1S/C23H28N2O2/c1-15(2)18(16-9-3-4-10-17(16)24)25-19(26)22-13-7-5-11-21(22)12-6-8-14-23(21,22)20(25)27/h3-4,9-10,15,24H,5-8,11-14H2,1-2H3/b18-16+,24-17?. The summed E-state index contributed by atoms with van der Waals surface area (Å²) in [4.78, 5) is 29.4. The number of imide groups is 1. The van der Waals surface area contributed by atoms with Crippen molar-refractivity contribution < 1.29 is 9.59 Å². The van der Waals surface area contributed by atoms with Crippen molar-refractivity contribution in [1.82, 2.24) is 4.90 Å². The normalized spacial score (nSPS) is 41.6. The lowest BCUT2D eigenvalue weighted by Crippen LogP contribution is -2.45. The molecule has 5 rings (SSSR count). The fraction of sp³-hybridized carbons (Fsp3) is 0.609. The SMILES string of the molecule is CC(C)/C(=C1/C=CC=CC1=N)N1C(=O)C23CCCCC24CCCCC43C1=O. The maximum atomic E-state index is 13.9. The second-order valence-electron chi connectivity index (χ2n) is 9.34. The maximum absolute atomic E-state index is 13.9. The second-order valence-corrected chi connectivity index (χ2v) is 9.34. The van der Waals surface area contributed by atoms with Crippen LogP contribution in [0.3, 0.4) is 0 Å². The number of nitrogens with one attached hydrogen (secondary N) is 1. The van der Waals surface area contributed by atoms with E-state index in [1.54, 1.807) is 6.08 Å². The van der Waals surface area contributed by atoms with Crippen molar-refractivity contribution in [3.63, 3.8) is 0 Å². The predicted octanol–water partition coefficient (Wildman–Crippen LogP) is 4.53. The Balaban J connectivity index is 1.67. The van der Waals surface area contributed by atoms with Crippen molar-refractivity contribution in [2.24, 2.45) is 22.2 Å². The molecule has 2 atom stereocenters. The molecular weight excluding hydrogens is 336 g/mol. The van der Waals surface area contributed by atoms with Crippen molar-refractivity contribution in [1.29, 1.82) is 5.41 Å². The van der Waals surface area contributed by atoms with Gasteiger partial charge in [0.2, 0.25) is 11.8 Å². The molecule has 1 aliphatic heterocycles. The van der Waals surface area contributed by atoms with Crippen LogP contribution in [0.1, 0.15) is 65.2 Å². The van der Waals surface area contributed by atoms with Crippen LogP contribution in [0.5, 0.6) is 0 Å². The molecule has 4 aliphatic carbocycles. The van der Waals surface area contributed by atoms with Gasteiger partial charge in [-0.05, 0) is 37.7 Å². The van der Waals surface area contributed by atoms with Crippen LogP contribution >= 0.6 is 0 Å². The molecule has 0 bridgehead atoms. The lowest BCUT2D eigenvalue weighted by atomic mass is 9.73. The van der Waals surface area contributed by atoms with Gasteiger partial charge in [-0.25, -0.2) is 0 Å². The molecule has 3 saturated carbocycles. The molecule has 1 N–H and O–H groups in total. The van der Waals surface area contributed by atoms with E-state index in [2.05, 4.69) is 0 Å². The number of piperidine rings is 1. The first kappa shape index (κ1) is 17.2. The predicted molar refractivity (Wildman–Crippen MR) is 104 cm³/mol. The summed E-state index contributed by atoms with van der Waals surface area (Å²) in [6, 6.07) is 0. The van der Waals surface area contributed by atoms with Crippen LogP contribution in [-0.4, -0.2) is 22.4 Å². The van der Waals surface area contributed by atoms with Gasteiger partial charge in [0.05, 0.1) is 16.5 Å². The zero-order valence-corrected chi connectivity index (χ0v) is 16.3. The van der Waals surface area contributed by atoms with E-state index in [1.807, 2.05) is 32.1 Å². The highest BCUT2D eigenvalue weighted by Gasteiger charge is 2.96. The number of carbonyl (C=O) groups is 2. The highest BCUT2D eigenvalue weighted by atomic mass is 16.2. The Labute approximate surface area is 160 Å². The molecule has 2 unspecified atom stereocenters. The van der Waals surface area contributed by atoms with Crippen molar-refractivity contribution in [2.45, 2.75) is 65.2 Å². The topological polar surface area (TPSA) is 61.2 Å². The number of rotatable bonds is 2. The number of allylic oxidation sites excluding steroid dienone is 6. The van der Waals surface area contributed by atoms with E-state index in [1.165, 1.54) is 4.90 Å². The fourth-order valence-corrected chi connectivity index (χ4v) is 7.44. The highest BCUT2D eigenvalue weighted by molar-refractivity contribution is 6.19. The average Bonchev–Trinajstić information content (AvgIpc) is 3.20. The number of hydrogen-bond acceptors (Lipinski definition) is 3. The summed E-state index contributed by atoms with van der Waals surface area (Å²) in [6.45, 7) is 4.05. The molecule has 0 radical (unpaired) electrons. The summed E-state index contributed by atoms with van der Waals surface area (Å²) in [5.74, 6) is 0.124. The minimum Gasteiger partial charge on any atom is -0.300 e. The molecule has 4 fully saturated rings. The molecule has 142 valence electrons. The van der Waals surface area contributed by atoms with Gasteiger partial charge in [-0.15, -0.1) is 0 Å². The van der Waals surface area contributed by atoms with Gasteiger partial charge in [-0.3, -0.25) is 14.5 Å². The molecule has 0 aromatic heterocycles. The molecule has 1 heterocycles. The molecule has 4 nitrogen and oxygen atoms in total. The van der Waals surface area contributed by atoms with Gasteiger partial charge in [-0.1, -0.05) is 57.8 Å². The number of carbonyl (C=O) groups excluding carboxylic acids is 2. The number of amides is 2. The van der Waals surface area contributed by atoms with Crippen LogP contribution in [0.25, 0.3) is 0 Å². The van der Waals surface area contributed by atoms with E-state index in [-0.39, 0.29) is 23.1 Å². The number of likely N-dealkylation sites (tertiary alicyclic amines) is 1. The van der Waals surface area contributed by atoms with Gasteiger partial charge < -0.3 is 5.41 Å². The first-order chi connectivity index (χ1) is 12.9. The summed E-state index contributed by atoms with van der Waals surface area (Å²) in [5, 5.41) is 8.34. The maximum Gasteiger partial charge on any atom is 0.241 e. The largest absolute Gasteiger partial charge is 0.300 e. The van der Waals surface area contributed by atoms with Crippen LogP contribution < -0.4 is 0 Å².